The monoisotopic (exact) mass is 496 g/mol. The number of benzene rings is 3. The summed E-state index contributed by atoms with van der Waals surface area (Å²) < 4.78 is 16.5. The largest absolute Gasteiger partial charge is 0.461 e. The van der Waals surface area contributed by atoms with Crippen LogP contribution in [0.25, 0.3) is 11.1 Å². The minimum atomic E-state index is -4.36. The molecule has 0 saturated carbocycles. The molecule has 0 aliphatic rings. The Morgan fingerprint density at radius 1 is 0.829 bits per heavy atom. The molecular formula is C26H29N2O6P. The lowest BCUT2D eigenvalue weighted by molar-refractivity contribution is -0.144. The van der Waals surface area contributed by atoms with Crippen LogP contribution in [0, 0.1) is 0 Å². The first kappa shape index (κ1) is 26.3. The first-order valence-electron chi connectivity index (χ1n) is 11.2. The second-order valence-corrected chi connectivity index (χ2v) is 9.68. The van der Waals surface area contributed by atoms with Crippen molar-refractivity contribution < 1.29 is 28.7 Å². The number of ether oxygens (including phenoxy) is 1. The van der Waals surface area contributed by atoms with Crippen LogP contribution in [0.15, 0.2) is 84.9 Å². The van der Waals surface area contributed by atoms with Crippen molar-refractivity contribution in [1.82, 2.24) is 10.6 Å². The third-order valence-corrected chi connectivity index (χ3v) is 5.83. The second kappa shape index (κ2) is 13.0. The van der Waals surface area contributed by atoms with E-state index in [4.69, 9.17) is 4.74 Å². The van der Waals surface area contributed by atoms with E-state index in [1.807, 2.05) is 84.9 Å². The molecule has 0 aliphatic heterocycles. The van der Waals surface area contributed by atoms with Crippen molar-refractivity contribution in [3.63, 3.8) is 0 Å². The highest BCUT2D eigenvalue weighted by atomic mass is 31.2. The molecule has 35 heavy (non-hydrogen) atoms. The van der Waals surface area contributed by atoms with Crippen molar-refractivity contribution in [3.05, 3.63) is 96.1 Å². The van der Waals surface area contributed by atoms with Gasteiger partial charge in [-0.2, -0.15) is 0 Å². The zero-order chi connectivity index (χ0) is 25.1. The van der Waals surface area contributed by atoms with Crippen LogP contribution in [0.4, 0.5) is 0 Å². The van der Waals surface area contributed by atoms with Crippen LogP contribution in [0.5, 0.6) is 0 Å². The molecule has 0 heterocycles. The molecule has 0 aromatic heterocycles. The molecular weight excluding hydrogens is 467 g/mol. The lowest BCUT2D eigenvalue weighted by Crippen LogP contribution is -2.46. The molecule has 0 fully saturated rings. The van der Waals surface area contributed by atoms with Crippen molar-refractivity contribution >= 4 is 19.5 Å². The van der Waals surface area contributed by atoms with E-state index in [2.05, 4.69) is 10.6 Å². The van der Waals surface area contributed by atoms with E-state index in [1.54, 1.807) is 0 Å². The third-order valence-electron chi connectivity index (χ3n) is 5.23. The fraction of sp³-hybridized carbons (Fsp3) is 0.231. The molecule has 4 N–H and O–H groups in total. The molecule has 0 saturated heterocycles. The maximum Gasteiger partial charge on any atom is 0.339 e. The Hall–Kier alpha value is -3.29. The van der Waals surface area contributed by atoms with Crippen molar-refractivity contribution in [2.45, 2.75) is 25.5 Å². The Labute approximate surface area is 204 Å². The van der Waals surface area contributed by atoms with Crippen LogP contribution >= 0.6 is 7.60 Å². The van der Waals surface area contributed by atoms with Gasteiger partial charge in [-0.05, 0) is 28.7 Å². The maximum atomic E-state index is 12.7. The van der Waals surface area contributed by atoms with E-state index in [1.165, 1.54) is 0 Å². The molecule has 1 atom stereocenters. The Kier molecular flexibility index (Phi) is 9.76. The van der Waals surface area contributed by atoms with Gasteiger partial charge in [0.05, 0.1) is 18.7 Å². The average Bonchev–Trinajstić information content (AvgIpc) is 2.86. The Morgan fingerprint density at radius 2 is 1.43 bits per heavy atom. The zero-order valence-electron chi connectivity index (χ0n) is 19.2. The number of rotatable bonds is 12. The van der Waals surface area contributed by atoms with E-state index in [0.717, 1.165) is 22.3 Å². The Balaban J connectivity index is 1.54. The van der Waals surface area contributed by atoms with Crippen LogP contribution in [0.3, 0.4) is 0 Å². The van der Waals surface area contributed by atoms with E-state index in [-0.39, 0.29) is 26.0 Å². The van der Waals surface area contributed by atoms with Gasteiger partial charge in [0.1, 0.15) is 6.61 Å². The SMILES string of the molecule is O=C(CCNC(=O)C(Cc1ccc(-c2ccccc2)cc1)NCP(=O)(O)O)OCc1ccccc1. The van der Waals surface area contributed by atoms with E-state index < -0.39 is 31.8 Å². The molecule has 3 aromatic rings. The molecule has 3 aromatic carbocycles. The molecule has 0 spiro atoms. The van der Waals surface area contributed by atoms with Crippen molar-refractivity contribution in [2.24, 2.45) is 0 Å². The summed E-state index contributed by atoms with van der Waals surface area (Å²) in [4.78, 5) is 43.2. The van der Waals surface area contributed by atoms with Crippen molar-refractivity contribution in [2.75, 3.05) is 12.8 Å². The number of carbonyl (C=O) groups excluding carboxylic acids is 2. The number of amides is 1. The summed E-state index contributed by atoms with van der Waals surface area (Å²) in [5, 5.41) is 5.30. The van der Waals surface area contributed by atoms with Crippen LogP contribution in [0.2, 0.25) is 0 Å². The fourth-order valence-electron chi connectivity index (χ4n) is 3.41. The maximum absolute atomic E-state index is 12.7. The van der Waals surface area contributed by atoms with Crippen LogP contribution in [0.1, 0.15) is 17.5 Å². The topological polar surface area (TPSA) is 125 Å². The highest BCUT2D eigenvalue weighted by molar-refractivity contribution is 7.51. The predicted octanol–water partition coefficient (Wildman–Crippen LogP) is 3.24. The van der Waals surface area contributed by atoms with E-state index >= 15 is 0 Å². The van der Waals surface area contributed by atoms with E-state index in [9.17, 15) is 23.9 Å². The van der Waals surface area contributed by atoms with Crippen LogP contribution < -0.4 is 10.6 Å². The van der Waals surface area contributed by atoms with Gasteiger partial charge < -0.3 is 19.8 Å². The van der Waals surface area contributed by atoms with Gasteiger partial charge in [-0.15, -0.1) is 0 Å². The molecule has 0 radical (unpaired) electrons. The van der Waals surface area contributed by atoms with Crippen molar-refractivity contribution in [1.29, 1.82) is 0 Å². The number of hydrogen-bond donors (Lipinski definition) is 4. The molecule has 9 heteroatoms. The highest BCUT2D eigenvalue weighted by Crippen LogP contribution is 2.32. The van der Waals surface area contributed by atoms with Crippen LogP contribution in [-0.4, -0.2) is 40.5 Å². The summed E-state index contributed by atoms with van der Waals surface area (Å²) in [5.74, 6) is -0.910. The number of nitrogens with one attached hydrogen (secondary N) is 2. The molecule has 1 amide bonds. The van der Waals surface area contributed by atoms with Gasteiger partial charge in [0.2, 0.25) is 5.91 Å². The van der Waals surface area contributed by atoms with Gasteiger partial charge in [0.15, 0.2) is 0 Å². The quantitative estimate of drug-likeness (QED) is 0.224. The Morgan fingerprint density at radius 3 is 2.06 bits per heavy atom. The number of carbonyl (C=O) groups is 2. The molecule has 1 unspecified atom stereocenters. The van der Waals surface area contributed by atoms with Gasteiger partial charge in [-0.3, -0.25) is 19.5 Å². The second-order valence-electron chi connectivity index (χ2n) is 8.03. The molecule has 0 aliphatic carbocycles. The smallest absolute Gasteiger partial charge is 0.339 e. The predicted molar refractivity (Wildman–Crippen MR) is 133 cm³/mol. The minimum absolute atomic E-state index is 0.0183. The fourth-order valence-corrected chi connectivity index (χ4v) is 3.87. The third kappa shape index (κ3) is 9.47. The number of hydrogen-bond acceptors (Lipinski definition) is 5. The summed E-state index contributed by atoms with van der Waals surface area (Å²) in [6.45, 7) is 0.201. The number of esters is 1. The van der Waals surface area contributed by atoms with Gasteiger partial charge in [-0.1, -0.05) is 84.9 Å². The first-order valence-corrected chi connectivity index (χ1v) is 13.0. The van der Waals surface area contributed by atoms with Gasteiger partial charge >= 0.3 is 13.6 Å². The standard InChI is InChI=1S/C26H29N2O6P/c29-25(34-18-21-7-3-1-4-8-21)15-16-27-26(30)24(28-19-35(31,32)33)17-20-11-13-23(14-12-20)22-9-5-2-6-10-22/h1-14,24,28H,15-19H2,(H,27,30)(H2,31,32,33). The average molecular weight is 497 g/mol. The molecule has 0 bridgehead atoms. The summed E-state index contributed by atoms with van der Waals surface area (Å²) in [7, 11) is -4.36. The van der Waals surface area contributed by atoms with E-state index in [0.29, 0.717) is 0 Å². The molecule has 184 valence electrons. The van der Waals surface area contributed by atoms with Crippen molar-refractivity contribution in [3.8, 4) is 11.1 Å². The molecule has 3 rings (SSSR count). The lowest BCUT2D eigenvalue weighted by atomic mass is 10.0. The van der Waals surface area contributed by atoms with Crippen LogP contribution in [-0.2, 0) is 31.9 Å². The first-order chi connectivity index (χ1) is 16.8. The van der Waals surface area contributed by atoms with Gasteiger partial charge in [-0.25, -0.2) is 0 Å². The lowest BCUT2D eigenvalue weighted by Gasteiger charge is -2.19. The minimum Gasteiger partial charge on any atom is -0.461 e. The summed E-state index contributed by atoms with van der Waals surface area (Å²) in [6, 6.07) is 25.8. The zero-order valence-corrected chi connectivity index (χ0v) is 20.1. The summed E-state index contributed by atoms with van der Waals surface area (Å²) in [5.41, 5.74) is 3.77. The Bertz CT molecular complexity index is 1130. The summed E-state index contributed by atoms with van der Waals surface area (Å²) in [6.07, 6.45) is -0.429. The normalized spacial score (nSPS) is 12.1. The summed E-state index contributed by atoms with van der Waals surface area (Å²) >= 11 is 0. The van der Waals surface area contributed by atoms with Gasteiger partial charge in [0.25, 0.3) is 0 Å². The van der Waals surface area contributed by atoms with Gasteiger partial charge in [0, 0.05) is 6.54 Å². The highest BCUT2D eigenvalue weighted by Gasteiger charge is 2.23. The molecule has 8 nitrogen and oxygen atoms in total.